The molecule has 0 saturated heterocycles. The zero-order valence-electron chi connectivity index (χ0n) is 9.65. The van der Waals surface area contributed by atoms with Crippen molar-refractivity contribution >= 4 is 5.91 Å². The van der Waals surface area contributed by atoms with Crippen LogP contribution in [-0.4, -0.2) is 23.7 Å². The number of hydrogen-bond acceptors (Lipinski definition) is 2. The van der Waals surface area contributed by atoms with Crippen molar-refractivity contribution < 1.29 is 9.90 Å². The summed E-state index contributed by atoms with van der Waals surface area (Å²) in [4.78, 5) is 11.4. The van der Waals surface area contributed by atoms with E-state index in [0.717, 1.165) is 12.8 Å². The molecule has 0 bridgehead atoms. The van der Waals surface area contributed by atoms with E-state index in [1.165, 1.54) is 5.56 Å². The minimum Gasteiger partial charge on any atom is -0.383 e. The van der Waals surface area contributed by atoms with Crippen LogP contribution in [0, 0.1) is 0 Å². The number of amides is 1. The molecule has 0 unspecified atom stereocenters. The molecule has 0 aromatic heterocycles. The van der Waals surface area contributed by atoms with Gasteiger partial charge in [0.25, 0.3) is 0 Å². The third kappa shape index (κ3) is 4.45. The Hall–Kier alpha value is -1.35. The minimum atomic E-state index is -0.860. The van der Waals surface area contributed by atoms with Crippen molar-refractivity contribution in [1.82, 2.24) is 5.32 Å². The first-order valence-corrected chi connectivity index (χ1v) is 5.73. The van der Waals surface area contributed by atoms with Gasteiger partial charge in [-0.3, -0.25) is 4.79 Å². The van der Waals surface area contributed by atoms with Gasteiger partial charge in [-0.15, -0.1) is 0 Å². The SMILES string of the molecule is CCC[C@@H](O)C(=O)NCCc1ccccc1. The average molecular weight is 221 g/mol. The maximum Gasteiger partial charge on any atom is 0.248 e. The predicted octanol–water partition coefficient (Wildman–Crippen LogP) is 1.51. The van der Waals surface area contributed by atoms with Crippen molar-refractivity contribution in [2.45, 2.75) is 32.3 Å². The highest BCUT2D eigenvalue weighted by atomic mass is 16.3. The lowest BCUT2D eigenvalue weighted by molar-refractivity contribution is -0.129. The molecule has 1 rings (SSSR count). The number of carbonyl (C=O) groups is 1. The van der Waals surface area contributed by atoms with Gasteiger partial charge in [0.1, 0.15) is 6.10 Å². The van der Waals surface area contributed by atoms with Crippen LogP contribution < -0.4 is 5.32 Å². The van der Waals surface area contributed by atoms with Crippen molar-refractivity contribution in [1.29, 1.82) is 0 Å². The number of rotatable bonds is 6. The van der Waals surface area contributed by atoms with E-state index in [2.05, 4.69) is 5.32 Å². The van der Waals surface area contributed by atoms with Crippen LogP contribution >= 0.6 is 0 Å². The van der Waals surface area contributed by atoms with E-state index in [1.807, 2.05) is 37.3 Å². The van der Waals surface area contributed by atoms with Crippen LogP contribution in [0.4, 0.5) is 0 Å². The lowest BCUT2D eigenvalue weighted by Crippen LogP contribution is -2.35. The second-order valence-electron chi connectivity index (χ2n) is 3.83. The fourth-order valence-electron chi connectivity index (χ4n) is 1.50. The molecule has 0 aliphatic carbocycles. The van der Waals surface area contributed by atoms with Crippen LogP contribution in [0.5, 0.6) is 0 Å². The normalized spacial score (nSPS) is 12.1. The quantitative estimate of drug-likeness (QED) is 0.765. The first-order chi connectivity index (χ1) is 7.74. The Morgan fingerprint density at radius 1 is 1.38 bits per heavy atom. The van der Waals surface area contributed by atoms with E-state index < -0.39 is 6.10 Å². The number of hydrogen-bond donors (Lipinski definition) is 2. The lowest BCUT2D eigenvalue weighted by atomic mass is 10.1. The minimum absolute atomic E-state index is 0.266. The lowest BCUT2D eigenvalue weighted by Gasteiger charge is -2.10. The molecule has 1 aromatic rings. The van der Waals surface area contributed by atoms with Gasteiger partial charge < -0.3 is 10.4 Å². The second kappa shape index (κ2) is 7.01. The molecular weight excluding hydrogens is 202 g/mol. The molecular formula is C13H19NO2. The Labute approximate surface area is 96.5 Å². The van der Waals surface area contributed by atoms with Crippen LogP contribution in [0.2, 0.25) is 0 Å². The van der Waals surface area contributed by atoms with Crippen molar-refractivity contribution in [3.05, 3.63) is 35.9 Å². The number of nitrogens with one attached hydrogen (secondary N) is 1. The smallest absolute Gasteiger partial charge is 0.248 e. The molecule has 0 radical (unpaired) electrons. The first kappa shape index (κ1) is 12.7. The van der Waals surface area contributed by atoms with Gasteiger partial charge in [-0.2, -0.15) is 0 Å². The van der Waals surface area contributed by atoms with Gasteiger partial charge in [0.15, 0.2) is 0 Å². The molecule has 3 nitrogen and oxygen atoms in total. The molecule has 0 heterocycles. The standard InChI is InChI=1S/C13H19NO2/c1-2-6-12(15)13(16)14-10-9-11-7-4-3-5-8-11/h3-5,7-8,12,15H,2,6,9-10H2,1H3,(H,14,16)/t12-/m1/s1. The Kier molecular flexibility index (Phi) is 5.57. The van der Waals surface area contributed by atoms with E-state index in [1.54, 1.807) is 0 Å². The number of aliphatic hydroxyl groups excluding tert-OH is 1. The highest BCUT2D eigenvalue weighted by Gasteiger charge is 2.12. The summed E-state index contributed by atoms with van der Waals surface area (Å²) in [6, 6.07) is 9.96. The van der Waals surface area contributed by atoms with E-state index in [0.29, 0.717) is 13.0 Å². The largest absolute Gasteiger partial charge is 0.383 e. The van der Waals surface area contributed by atoms with Gasteiger partial charge in [-0.1, -0.05) is 43.7 Å². The highest BCUT2D eigenvalue weighted by Crippen LogP contribution is 1.99. The molecule has 88 valence electrons. The maximum absolute atomic E-state index is 11.4. The monoisotopic (exact) mass is 221 g/mol. The molecule has 0 saturated carbocycles. The van der Waals surface area contributed by atoms with Crippen molar-refractivity contribution in [3.8, 4) is 0 Å². The zero-order valence-corrected chi connectivity index (χ0v) is 9.65. The van der Waals surface area contributed by atoms with Crippen LogP contribution in [0.3, 0.4) is 0 Å². The predicted molar refractivity (Wildman–Crippen MR) is 64.1 cm³/mol. The van der Waals surface area contributed by atoms with Crippen LogP contribution in [0.15, 0.2) is 30.3 Å². The van der Waals surface area contributed by atoms with Gasteiger partial charge in [0.05, 0.1) is 0 Å². The van der Waals surface area contributed by atoms with Crippen LogP contribution in [-0.2, 0) is 11.2 Å². The fourth-order valence-corrected chi connectivity index (χ4v) is 1.50. The third-order valence-electron chi connectivity index (χ3n) is 2.42. The van der Waals surface area contributed by atoms with E-state index in [-0.39, 0.29) is 5.91 Å². The van der Waals surface area contributed by atoms with Crippen molar-refractivity contribution in [3.63, 3.8) is 0 Å². The first-order valence-electron chi connectivity index (χ1n) is 5.73. The molecule has 3 heteroatoms. The van der Waals surface area contributed by atoms with Crippen LogP contribution in [0.25, 0.3) is 0 Å². The number of carbonyl (C=O) groups excluding carboxylic acids is 1. The summed E-state index contributed by atoms with van der Waals surface area (Å²) >= 11 is 0. The van der Waals surface area contributed by atoms with Gasteiger partial charge in [-0.25, -0.2) is 0 Å². The second-order valence-corrected chi connectivity index (χ2v) is 3.83. The fraction of sp³-hybridized carbons (Fsp3) is 0.462. The molecule has 1 atom stereocenters. The number of benzene rings is 1. The summed E-state index contributed by atoms with van der Waals surface area (Å²) < 4.78 is 0. The molecule has 1 aromatic carbocycles. The average Bonchev–Trinajstić information content (AvgIpc) is 2.30. The number of aliphatic hydroxyl groups is 1. The summed E-state index contributed by atoms with van der Waals surface area (Å²) in [6.07, 6.45) is 1.27. The molecule has 2 N–H and O–H groups in total. The van der Waals surface area contributed by atoms with Crippen LogP contribution in [0.1, 0.15) is 25.3 Å². The summed E-state index contributed by atoms with van der Waals surface area (Å²) in [7, 11) is 0. The molecule has 0 aliphatic rings. The Bertz CT molecular complexity index is 311. The molecule has 1 amide bonds. The van der Waals surface area contributed by atoms with Gasteiger partial charge in [-0.05, 0) is 18.4 Å². The van der Waals surface area contributed by atoms with E-state index in [9.17, 15) is 9.90 Å². The molecule has 0 fully saturated rings. The van der Waals surface area contributed by atoms with Crippen molar-refractivity contribution in [2.24, 2.45) is 0 Å². The Morgan fingerprint density at radius 3 is 2.69 bits per heavy atom. The molecule has 16 heavy (non-hydrogen) atoms. The topological polar surface area (TPSA) is 49.3 Å². The molecule has 0 spiro atoms. The van der Waals surface area contributed by atoms with Gasteiger partial charge >= 0.3 is 0 Å². The maximum atomic E-state index is 11.4. The summed E-state index contributed by atoms with van der Waals surface area (Å²) in [5, 5.41) is 12.1. The molecule has 0 aliphatic heterocycles. The van der Waals surface area contributed by atoms with E-state index >= 15 is 0 Å². The highest BCUT2D eigenvalue weighted by molar-refractivity contribution is 5.80. The summed E-state index contributed by atoms with van der Waals surface area (Å²) in [5.41, 5.74) is 1.19. The van der Waals surface area contributed by atoms with Crippen molar-refractivity contribution in [2.75, 3.05) is 6.54 Å². The summed E-state index contributed by atoms with van der Waals surface area (Å²) in [6.45, 7) is 2.52. The van der Waals surface area contributed by atoms with E-state index in [4.69, 9.17) is 0 Å². The van der Waals surface area contributed by atoms with Gasteiger partial charge in [0, 0.05) is 6.54 Å². The zero-order chi connectivity index (χ0) is 11.8. The Morgan fingerprint density at radius 2 is 2.06 bits per heavy atom. The van der Waals surface area contributed by atoms with Gasteiger partial charge in [0.2, 0.25) is 5.91 Å². The summed E-state index contributed by atoms with van der Waals surface area (Å²) in [5.74, 6) is -0.266. The Balaban J connectivity index is 2.23. The third-order valence-corrected chi connectivity index (χ3v) is 2.42.